The van der Waals surface area contributed by atoms with E-state index in [0.29, 0.717) is 26.2 Å². The average Bonchev–Trinajstić information content (AvgIpc) is 3.60. The molecular weight excluding hydrogens is 523 g/mol. The van der Waals surface area contributed by atoms with Crippen LogP contribution >= 0.6 is 57.6 Å². The van der Waals surface area contributed by atoms with Gasteiger partial charge in [-0.15, -0.1) is 22.7 Å². The number of carbonyl (C=O) groups is 1. The van der Waals surface area contributed by atoms with Gasteiger partial charge in [-0.2, -0.15) is 5.26 Å². The van der Waals surface area contributed by atoms with E-state index in [4.69, 9.17) is 28.2 Å². The fourth-order valence-electron chi connectivity index (χ4n) is 4.00. The molecule has 0 atom stereocenters. The highest BCUT2D eigenvalue weighted by Crippen LogP contribution is 2.44. The van der Waals surface area contributed by atoms with E-state index in [-0.39, 0.29) is 11.5 Å². The first-order valence-corrected chi connectivity index (χ1v) is 13.9. The summed E-state index contributed by atoms with van der Waals surface area (Å²) in [5.74, 6) is -0.0137. The molecule has 0 radical (unpaired) electrons. The number of hydrogen-bond acceptors (Lipinski definition) is 6. The van der Waals surface area contributed by atoms with Crippen molar-refractivity contribution < 1.29 is 4.79 Å². The highest BCUT2D eigenvalue weighted by atomic mass is 35.5. The number of rotatable bonds is 6. The highest BCUT2D eigenvalue weighted by molar-refractivity contribution is 8.00. The van der Waals surface area contributed by atoms with Crippen LogP contribution < -0.4 is 0 Å². The number of pyridine rings is 1. The fourth-order valence-corrected chi connectivity index (χ4v) is 6.87. The Morgan fingerprint density at radius 2 is 1.97 bits per heavy atom. The molecule has 0 bridgehead atoms. The number of Topliss-reactive ketones (excluding diaryl/α,β-unsaturated/α-hetero) is 1. The zero-order chi connectivity index (χ0) is 23.7. The first-order chi connectivity index (χ1) is 16.5. The van der Waals surface area contributed by atoms with Gasteiger partial charge in [-0.05, 0) is 71.1 Å². The standard InChI is InChI=1S/C26H16Cl2N2OS3/c27-16-6-8-18(21(28)12-16)22(31)14-34-26-20(13-29)24(23-4-2-10-33-23)19-7-5-15(25(19)30-26)11-17-3-1-9-32-17/h1-4,6,8-12H,5,7,14H2/b15-11+. The van der Waals surface area contributed by atoms with Gasteiger partial charge in [0.1, 0.15) is 11.1 Å². The number of thiophene rings is 2. The number of nitriles is 1. The second-order valence-corrected chi connectivity index (χ2v) is 11.3. The van der Waals surface area contributed by atoms with Crippen LogP contribution in [0.5, 0.6) is 0 Å². The molecule has 3 nitrogen and oxygen atoms in total. The number of ketones is 1. The quantitative estimate of drug-likeness (QED) is 0.182. The average molecular weight is 540 g/mol. The van der Waals surface area contributed by atoms with E-state index >= 15 is 0 Å². The van der Waals surface area contributed by atoms with Crippen molar-refractivity contribution in [2.75, 3.05) is 5.75 Å². The molecule has 0 saturated heterocycles. The van der Waals surface area contributed by atoms with E-state index in [1.54, 1.807) is 40.9 Å². The molecule has 1 aliphatic rings. The Morgan fingerprint density at radius 1 is 1.15 bits per heavy atom. The number of hydrogen-bond donors (Lipinski definition) is 0. The summed E-state index contributed by atoms with van der Waals surface area (Å²) < 4.78 is 0. The monoisotopic (exact) mass is 538 g/mol. The van der Waals surface area contributed by atoms with Crippen molar-refractivity contribution in [3.63, 3.8) is 0 Å². The van der Waals surface area contributed by atoms with Gasteiger partial charge in [0, 0.05) is 25.9 Å². The van der Waals surface area contributed by atoms with Crippen molar-refractivity contribution in [3.05, 3.63) is 90.5 Å². The summed E-state index contributed by atoms with van der Waals surface area (Å²) >= 11 is 16.8. The lowest BCUT2D eigenvalue weighted by atomic mass is 10.0. The van der Waals surface area contributed by atoms with Crippen LogP contribution in [-0.2, 0) is 6.42 Å². The zero-order valence-electron chi connectivity index (χ0n) is 17.7. The van der Waals surface area contributed by atoms with Crippen LogP contribution in [0, 0.1) is 11.3 Å². The molecule has 0 spiro atoms. The highest BCUT2D eigenvalue weighted by Gasteiger charge is 2.28. The molecule has 1 aromatic carbocycles. The molecule has 0 amide bonds. The number of benzene rings is 1. The van der Waals surface area contributed by atoms with Crippen molar-refractivity contribution in [2.24, 2.45) is 0 Å². The van der Waals surface area contributed by atoms with E-state index in [1.165, 1.54) is 16.6 Å². The number of aromatic nitrogens is 1. The molecule has 1 aliphatic carbocycles. The molecule has 0 fully saturated rings. The Labute approximate surface area is 219 Å². The molecule has 168 valence electrons. The molecule has 3 heterocycles. The summed E-state index contributed by atoms with van der Waals surface area (Å²) in [4.78, 5) is 20.1. The van der Waals surface area contributed by atoms with Gasteiger partial charge in [0.2, 0.25) is 0 Å². The Balaban J connectivity index is 1.56. The summed E-state index contributed by atoms with van der Waals surface area (Å²) in [6.07, 6.45) is 3.89. The third-order valence-electron chi connectivity index (χ3n) is 5.52. The predicted octanol–water partition coefficient (Wildman–Crippen LogP) is 8.51. The van der Waals surface area contributed by atoms with Crippen LogP contribution in [0.25, 0.3) is 22.1 Å². The van der Waals surface area contributed by atoms with E-state index in [9.17, 15) is 10.1 Å². The largest absolute Gasteiger partial charge is 0.293 e. The first-order valence-electron chi connectivity index (χ1n) is 10.4. The SMILES string of the molecule is N#Cc1c(SCC(=O)c2ccc(Cl)cc2Cl)nc2c(c1-c1cccs1)CC/C2=C\c1cccs1. The Morgan fingerprint density at radius 3 is 2.68 bits per heavy atom. The minimum Gasteiger partial charge on any atom is -0.293 e. The maximum Gasteiger partial charge on any atom is 0.174 e. The summed E-state index contributed by atoms with van der Waals surface area (Å²) in [5, 5.41) is 15.6. The first kappa shape index (κ1) is 23.3. The topological polar surface area (TPSA) is 53.8 Å². The molecule has 3 aromatic heterocycles. The summed E-state index contributed by atoms with van der Waals surface area (Å²) in [5.41, 5.74) is 5.08. The van der Waals surface area contributed by atoms with E-state index in [1.807, 2.05) is 23.6 Å². The fraction of sp³-hybridized carbons (Fsp3) is 0.115. The lowest BCUT2D eigenvalue weighted by Gasteiger charge is -2.13. The molecule has 0 N–H and O–H groups in total. The lowest BCUT2D eigenvalue weighted by Crippen LogP contribution is -2.05. The van der Waals surface area contributed by atoms with Crippen LogP contribution in [0.2, 0.25) is 10.0 Å². The van der Waals surface area contributed by atoms with Gasteiger partial charge in [-0.1, -0.05) is 47.1 Å². The third kappa shape index (κ3) is 4.59. The van der Waals surface area contributed by atoms with Crippen molar-refractivity contribution in [3.8, 4) is 16.5 Å². The number of halogens is 2. The molecule has 0 saturated carbocycles. The van der Waals surface area contributed by atoms with Gasteiger partial charge in [-0.25, -0.2) is 4.98 Å². The maximum absolute atomic E-state index is 12.9. The summed E-state index contributed by atoms with van der Waals surface area (Å²) in [7, 11) is 0. The molecule has 0 unspecified atom stereocenters. The van der Waals surface area contributed by atoms with Crippen molar-refractivity contribution in [1.29, 1.82) is 5.26 Å². The number of allylic oxidation sites excluding steroid dienone is 1. The number of nitrogens with zero attached hydrogens (tertiary/aromatic N) is 2. The van der Waals surface area contributed by atoms with E-state index in [2.05, 4.69) is 23.6 Å². The van der Waals surface area contributed by atoms with Crippen LogP contribution in [0.15, 0.2) is 58.3 Å². The van der Waals surface area contributed by atoms with Gasteiger partial charge in [0.15, 0.2) is 5.78 Å². The Kier molecular flexibility index (Phi) is 6.91. The summed E-state index contributed by atoms with van der Waals surface area (Å²) in [6.45, 7) is 0. The minimum atomic E-state index is -0.134. The van der Waals surface area contributed by atoms with Crippen molar-refractivity contribution in [1.82, 2.24) is 4.98 Å². The molecule has 4 aromatic rings. The van der Waals surface area contributed by atoms with Crippen LogP contribution in [0.3, 0.4) is 0 Å². The van der Waals surface area contributed by atoms with Crippen LogP contribution in [0.1, 0.15) is 38.5 Å². The predicted molar refractivity (Wildman–Crippen MR) is 144 cm³/mol. The smallest absolute Gasteiger partial charge is 0.174 e. The minimum absolute atomic E-state index is 0.121. The van der Waals surface area contributed by atoms with Crippen LogP contribution in [0.4, 0.5) is 0 Å². The number of carbonyl (C=O) groups excluding carboxylic acids is 1. The van der Waals surface area contributed by atoms with Gasteiger partial charge in [0.25, 0.3) is 0 Å². The van der Waals surface area contributed by atoms with E-state index < -0.39 is 0 Å². The Hall–Kier alpha value is -2.40. The lowest BCUT2D eigenvalue weighted by molar-refractivity contribution is 0.102. The van der Waals surface area contributed by atoms with Gasteiger partial charge in [-0.3, -0.25) is 4.79 Å². The van der Waals surface area contributed by atoms with Gasteiger partial charge < -0.3 is 0 Å². The molecular formula is C26H16Cl2N2OS3. The van der Waals surface area contributed by atoms with Crippen LogP contribution in [-0.4, -0.2) is 16.5 Å². The van der Waals surface area contributed by atoms with Gasteiger partial charge >= 0.3 is 0 Å². The van der Waals surface area contributed by atoms with Crippen molar-refractivity contribution in [2.45, 2.75) is 17.9 Å². The molecule has 34 heavy (non-hydrogen) atoms. The normalized spacial score (nSPS) is 13.7. The van der Waals surface area contributed by atoms with Gasteiger partial charge in [0.05, 0.1) is 22.0 Å². The second-order valence-electron chi connectivity index (χ2n) is 7.60. The summed E-state index contributed by atoms with van der Waals surface area (Å²) in [6, 6.07) is 15.4. The maximum atomic E-state index is 12.9. The second kappa shape index (κ2) is 10.1. The molecule has 8 heteroatoms. The number of fused-ring (bicyclic) bond motifs is 1. The van der Waals surface area contributed by atoms with E-state index in [0.717, 1.165) is 40.1 Å². The Bertz CT molecular complexity index is 1450. The number of thioether (sulfide) groups is 1. The van der Waals surface area contributed by atoms with Crippen molar-refractivity contribution >= 4 is 75.1 Å². The third-order valence-corrected chi connectivity index (χ3v) is 8.75. The molecule has 5 rings (SSSR count). The molecule has 0 aliphatic heterocycles. The zero-order valence-corrected chi connectivity index (χ0v) is 21.6.